The monoisotopic (exact) mass is 246 g/mol. The number of nitrogen functional groups attached to an aromatic ring is 1. The molecular formula is C12H14N4S. The Hall–Kier alpha value is -1.62. The maximum Gasteiger partial charge on any atom is 0.194 e. The summed E-state index contributed by atoms with van der Waals surface area (Å²) in [5.41, 5.74) is 9.31. The third-order valence-electron chi connectivity index (χ3n) is 2.20. The van der Waals surface area contributed by atoms with Crippen LogP contribution in [0.15, 0.2) is 28.5 Å². The van der Waals surface area contributed by atoms with Gasteiger partial charge in [-0.15, -0.1) is 0 Å². The molecule has 0 saturated heterocycles. The van der Waals surface area contributed by atoms with Crippen LogP contribution in [0.5, 0.6) is 0 Å². The van der Waals surface area contributed by atoms with Crippen molar-refractivity contribution in [3.63, 3.8) is 0 Å². The van der Waals surface area contributed by atoms with Crippen molar-refractivity contribution in [2.24, 2.45) is 0 Å². The number of pyridine rings is 1. The summed E-state index contributed by atoms with van der Waals surface area (Å²) in [6, 6.07) is 3.85. The van der Waals surface area contributed by atoms with Gasteiger partial charge in [0, 0.05) is 11.4 Å². The van der Waals surface area contributed by atoms with Gasteiger partial charge in [0.25, 0.3) is 0 Å². The molecule has 0 unspecified atom stereocenters. The normalized spacial score (nSPS) is 10.5. The maximum atomic E-state index is 5.67. The Balaban J connectivity index is 2.31. The van der Waals surface area contributed by atoms with Gasteiger partial charge in [-0.25, -0.2) is 15.0 Å². The number of hydrogen-bond donors (Lipinski definition) is 1. The van der Waals surface area contributed by atoms with E-state index in [2.05, 4.69) is 15.0 Å². The Bertz CT molecular complexity index is 534. The van der Waals surface area contributed by atoms with E-state index in [1.54, 1.807) is 6.20 Å². The molecule has 0 aliphatic heterocycles. The van der Waals surface area contributed by atoms with Crippen LogP contribution in [0.2, 0.25) is 0 Å². The zero-order chi connectivity index (χ0) is 12.4. The molecule has 0 aliphatic carbocycles. The van der Waals surface area contributed by atoms with E-state index in [9.17, 15) is 0 Å². The van der Waals surface area contributed by atoms with Gasteiger partial charge in [-0.05, 0) is 50.2 Å². The molecule has 0 saturated carbocycles. The van der Waals surface area contributed by atoms with Gasteiger partial charge in [0.2, 0.25) is 0 Å². The Morgan fingerprint density at radius 3 is 2.29 bits per heavy atom. The van der Waals surface area contributed by atoms with Gasteiger partial charge in [0.15, 0.2) is 5.16 Å². The second-order valence-electron chi connectivity index (χ2n) is 3.93. The van der Waals surface area contributed by atoms with Crippen LogP contribution >= 0.6 is 11.8 Å². The first-order valence-electron chi connectivity index (χ1n) is 5.27. The molecule has 0 radical (unpaired) electrons. The molecule has 2 aromatic heterocycles. The predicted molar refractivity (Wildman–Crippen MR) is 69.0 cm³/mol. The van der Waals surface area contributed by atoms with E-state index in [1.807, 2.05) is 32.9 Å². The van der Waals surface area contributed by atoms with Crippen LogP contribution in [-0.4, -0.2) is 15.0 Å². The van der Waals surface area contributed by atoms with E-state index in [0.29, 0.717) is 5.69 Å². The zero-order valence-electron chi connectivity index (χ0n) is 10.1. The van der Waals surface area contributed by atoms with Crippen LogP contribution < -0.4 is 5.73 Å². The van der Waals surface area contributed by atoms with Crippen molar-refractivity contribution in [3.8, 4) is 0 Å². The van der Waals surface area contributed by atoms with Crippen LogP contribution in [-0.2, 0) is 0 Å². The molecule has 0 bridgehead atoms. The van der Waals surface area contributed by atoms with Crippen molar-refractivity contribution < 1.29 is 0 Å². The van der Waals surface area contributed by atoms with E-state index in [-0.39, 0.29) is 0 Å². The molecule has 17 heavy (non-hydrogen) atoms. The number of hydrogen-bond acceptors (Lipinski definition) is 5. The molecule has 0 amide bonds. The molecule has 0 spiro atoms. The van der Waals surface area contributed by atoms with Crippen LogP contribution in [0.1, 0.15) is 17.0 Å². The average molecular weight is 246 g/mol. The topological polar surface area (TPSA) is 64.7 Å². The lowest BCUT2D eigenvalue weighted by Crippen LogP contribution is -1.95. The van der Waals surface area contributed by atoms with Crippen LogP contribution in [0.25, 0.3) is 0 Å². The van der Waals surface area contributed by atoms with E-state index in [1.165, 1.54) is 11.8 Å². The Labute approximate surface area is 105 Å². The van der Waals surface area contributed by atoms with Gasteiger partial charge in [-0.3, -0.25) is 0 Å². The first-order chi connectivity index (χ1) is 8.04. The summed E-state index contributed by atoms with van der Waals surface area (Å²) in [4.78, 5) is 13.0. The van der Waals surface area contributed by atoms with E-state index >= 15 is 0 Å². The summed E-state index contributed by atoms with van der Waals surface area (Å²) >= 11 is 1.46. The van der Waals surface area contributed by atoms with E-state index < -0.39 is 0 Å². The highest BCUT2D eigenvalue weighted by atomic mass is 32.2. The summed E-state index contributed by atoms with van der Waals surface area (Å²) in [5, 5.41) is 1.62. The standard InChI is InChI=1S/C12H14N4S/c1-7-4-10(13)6-14-11(7)17-12-15-8(2)5-9(3)16-12/h4-6H,13H2,1-3H3. The Kier molecular flexibility index (Phi) is 3.28. The van der Waals surface area contributed by atoms with Crippen LogP contribution in [0, 0.1) is 20.8 Å². The summed E-state index contributed by atoms with van der Waals surface area (Å²) < 4.78 is 0. The molecule has 0 fully saturated rings. The van der Waals surface area contributed by atoms with Gasteiger partial charge < -0.3 is 5.73 Å². The van der Waals surface area contributed by atoms with Crippen LogP contribution in [0.4, 0.5) is 5.69 Å². The fourth-order valence-corrected chi connectivity index (χ4v) is 2.39. The number of aryl methyl sites for hydroxylation is 3. The predicted octanol–water partition coefficient (Wildman–Crippen LogP) is 2.53. The molecule has 2 aromatic rings. The molecule has 2 heterocycles. The molecule has 0 aromatic carbocycles. The Morgan fingerprint density at radius 2 is 1.71 bits per heavy atom. The number of anilines is 1. The Morgan fingerprint density at radius 1 is 1.06 bits per heavy atom. The quantitative estimate of drug-likeness (QED) is 0.825. The van der Waals surface area contributed by atoms with E-state index in [4.69, 9.17) is 5.73 Å². The minimum absolute atomic E-state index is 0.674. The molecule has 5 heteroatoms. The lowest BCUT2D eigenvalue weighted by Gasteiger charge is -2.05. The van der Waals surface area contributed by atoms with Gasteiger partial charge in [0.05, 0.1) is 11.9 Å². The fraction of sp³-hybridized carbons (Fsp3) is 0.250. The minimum Gasteiger partial charge on any atom is -0.397 e. The smallest absolute Gasteiger partial charge is 0.194 e. The van der Waals surface area contributed by atoms with Gasteiger partial charge in [-0.1, -0.05) is 0 Å². The summed E-state index contributed by atoms with van der Waals surface area (Å²) in [6.45, 7) is 5.90. The third-order valence-corrected chi connectivity index (χ3v) is 3.19. The third kappa shape index (κ3) is 2.94. The van der Waals surface area contributed by atoms with Gasteiger partial charge in [-0.2, -0.15) is 0 Å². The fourth-order valence-electron chi connectivity index (χ4n) is 1.52. The van der Waals surface area contributed by atoms with Crippen molar-refractivity contribution in [2.45, 2.75) is 31.0 Å². The molecule has 0 aliphatic rings. The van der Waals surface area contributed by atoms with Crippen molar-refractivity contribution in [1.82, 2.24) is 15.0 Å². The lowest BCUT2D eigenvalue weighted by molar-refractivity contribution is 0.897. The first-order valence-corrected chi connectivity index (χ1v) is 6.08. The van der Waals surface area contributed by atoms with Gasteiger partial charge in [0.1, 0.15) is 5.03 Å². The number of rotatable bonds is 2. The average Bonchev–Trinajstić information content (AvgIpc) is 2.21. The summed E-state index contributed by atoms with van der Waals surface area (Å²) in [6.07, 6.45) is 1.65. The van der Waals surface area contributed by atoms with Gasteiger partial charge >= 0.3 is 0 Å². The zero-order valence-corrected chi connectivity index (χ0v) is 10.9. The molecule has 88 valence electrons. The highest BCUT2D eigenvalue weighted by molar-refractivity contribution is 7.99. The first kappa shape index (κ1) is 11.9. The largest absolute Gasteiger partial charge is 0.397 e. The number of nitrogens with zero attached hydrogens (tertiary/aromatic N) is 3. The lowest BCUT2D eigenvalue weighted by atomic mass is 10.3. The second-order valence-corrected chi connectivity index (χ2v) is 4.88. The highest BCUT2D eigenvalue weighted by Gasteiger charge is 2.06. The maximum absolute atomic E-state index is 5.67. The van der Waals surface area contributed by atoms with E-state index in [0.717, 1.165) is 27.1 Å². The van der Waals surface area contributed by atoms with Crippen molar-refractivity contribution in [1.29, 1.82) is 0 Å². The summed E-state index contributed by atoms with van der Waals surface area (Å²) in [5.74, 6) is 0. The molecule has 0 atom stereocenters. The van der Waals surface area contributed by atoms with Crippen molar-refractivity contribution in [3.05, 3.63) is 35.3 Å². The summed E-state index contributed by atoms with van der Waals surface area (Å²) in [7, 11) is 0. The molecule has 2 rings (SSSR count). The number of aromatic nitrogens is 3. The number of nitrogens with two attached hydrogens (primary N) is 1. The molecule has 4 nitrogen and oxygen atoms in total. The second kappa shape index (κ2) is 4.71. The van der Waals surface area contributed by atoms with Crippen molar-refractivity contribution in [2.75, 3.05) is 5.73 Å². The van der Waals surface area contributed by atoms with Crippen LogP contribution in [0.3, 0.4) is 0 Å². The minimum atomic E-state index is 0.674. The molecular weight excluding hydrogens is 232 g/mol. The highest BCUT2D eigenvalue weighted by Crippen LogP contribution is 2.26. The van der Waals surface area contributed by atoms with Crippen molar-refractivity contribution >= 4 is 17.4 Å². The molecule has 2 N–H and O–H groups in total. The SMILES string of the molecule is Cc1cc(C)nc(Sc2ncc(N)cc2C)n1.